The lowest BCUT2D eigenvalue weighted by molar-refractivity contribution is -0.126. The van der Waals surface area contributed by atoms with Crippen molar-refractivity contribution in [3.8, 4) is 22.7 Å². The van der Waals surface area contributed by atoms with Gasteiger partial charge in [0.15, 0.2) is 11.6 Å². The van der Waals surface area contributed by atoms with E-state index in [1.54, 1.807) is 29.0 Å². The molecule has 2 unspecified atom stereocenters. The van der Waals surface area contributed by atoms with E-state index in [4.69, 9.17) is 0 Å². The summed E-state index contributed by atoms with van der Waals surface area (Å²) in [6, 6.07) is 4.64. The molecule has 222 valence electrons. The fraction of sp³-hybridized carbons (Fsp3) is 0.300. The Hall–Kier alpha value is -4.36. The van der Waals surface area contributed by atoms with E-state index in [2.05, 4.69) is 21.5 Å². The van der Waals surface area contributed by atoms with Crippen molar-refractivity contribution >= 4 is 33.8 Å². The number of phenols is 1. The number of hydrogen-bond acceptors (Lipinski definition) is 8. The Morgan fingerprint density at radius 1 is 1.23 bits per heavy atom. The summed E-state index contributed by atoms with van der Waals surface area (Å²) in [6.07, 6.45) is 2.79. The second-order valence-electron chi connectivity index (χ2n) is 10.9. The molecule has 6 rings (SSSR count). The largest absolute Gasteiger partial charge is 0.610 e. The van der Waals surface area contributed by atoms with Crippen LogP contribution in [0, 0.1) is 18.6 Å². The number of anilines is 1. The fourth-order valence-corrected chi connectivity index (χ4v) is 7.27. The number of fused-ring (bicyclic) bond motifs is 2. The van der Waals surface area contributed by atoms with Gasteiger partial charge in [-0.3, -0.25) is 14.3 Å². The number of hydrogen-bond donors (Lipinski definition) is 1. The maximum absolute atomic E-state index is 17.0. The summed E-state index contributed by atoms with van der Waals surface area (Å²) in [5.74, 6) is -3.03. The number of piperazine rings is 1. The molecule has 4 aromatic rings. The first kappa shape index (κ1) is 28.7. The molecule has 10 nitrogen and oxygen atoms in total. The number of aromatic nitrogens is 4. The molecule has 2 aliphatic heterocycles. The van der Waals surface area contributed by atoms with Crippen LogP contribution in [-0.4, -0.2) is 71.4 Å². The molecule has 43 heavy (non-hydrogen) atoms. The van der Waals surface area contributed by atoms with Crippen molar-refractivity contribution < 1.29 is 23.2 Å². The van der Waals surface area contributed by atoms with Crippen LogP contribution >= 0.6 is 0 Å². The fourth-order valence-electron chi connectivity index (χ4n) is 5.87. The average molecular weight is 607 g/mol. The van der Waals surface area contributed by atoms with Gasteiger partial charge in [-0.25, -0.2) is 13.6 Å². The molecule has 1 fully saturated rings. The monoisotopic (exact) mass is 606 g/mol. The van der Waals surface area contributed by atoms with Crippen molar-refractivity contribution in [2.24, 2.45) is 0 Å². The van der Waals surface area contributed by atoms with Gasteiger partial charge in [-0.1, -0.05) is 26.5 Å². The Bertz CT molecular complexity index is 1860. The number of nitrogens with zero attached hydrogens (tertiary/aromatic N) is 6. The normalized spacial score (nSPS) is 18.1. The number of phenolic OH excluding ortho intramolecular Hbond substituents is 1. The number of amides is 1. The van der Waals surface area contributed by atoms with E-state index in [0.717, 1.165) is 10.6 Å². The predicted molar refractivity (Wildman–Crippen MR) is 158 cm³/mol. The van der Waals surface area contributed by atoms with E-state index < -0.39 is 51.5 Å². The zero-order chi connectivity index (χ0) is 30.7. The molecule has 1 amide bonds. The number of benzene rings is 1. The Morgan fingerprint density at radius 3 is 2.70 bits per heavy atom. The molecule has 1 N–H and O–H groups in total. The van der Waals surface area contributed by atoms with Gasteiger partial charge in [-0.05, 0) is 42.7 Å². The minimum Gasteiger partial charge on any atom is -0.610 e. The number of carbonyl (C=O) groups excluding carboxylic acids is 1. The molecule has 5 heterocycles. The first-order valence-electron chi connectivity index (χ1n) is 13.7. The van der Waals surface area contributed by atoms with Crippen LogP contribution in [0.15, 0.2) is 52.9 Å². The highest BCUT2D eigenvalue weighted by atomic mass is 32.2. The minimum atomic E-state index is -1.91. The number of carbonyl (C=O) groups is 1. The van der Waals surface area contributed by atoms with E-state index in [9.17, 15) is 19.2 Å². The summed E-state index contributed by atoms with van der Waals surface area (Å²) in [4.78, 5) is 43.0. The molecule has 0 saturated carbocycles. The second kappa shape index (κ2) is 10.7. The molecule has 0 bridgehead atoms. The van der Waals surface area contributed by atoms with Gasteiger partial charge in [0.25, 0.3) is 5.03 Å². The highest BCUT2D eigenvalue weighted by Gasteiger charge is 2.42. The molecule has 1 saturated heterocycles. The summed E-state index contributed by atoms with van der Waals surface area (Å²) >= 11 is -1.91. The molecule has 0 aliphatic carbocycles. The maximum Gasteiger partial charge on any atom is 0.354 e. The van der Waals surface area contributed by atoms with Crippen LogP contribution in [0.2, 0.25) is 0 Å². The smallest absolute Gasteiger partial charge is 0.354 e. The number of pyridine rings is 2. The number of rotatable bonds is 4. The van der Waals surface area contributed by atoms with Crippen LogP contribution in [0.3, 0.4) is 0 Å². The van der Waals surface area contributed by atoms with Crippen molar-refractivity contribution in [2.45, 2.75) is 37.8 Å². The summed E-state index contributed by atoms with van der Waals surface area (Å²) in [7, 11) is 0. The molecule has 13 heteroatoms. The van der Waals surface area contributed by atoms with Gasteiger partial charge in [0.1, 0.15) is 33.9 Å². The first-order chi connectivity index (χ1) is 20.5. The van der Waals surface area contributed by atoms with Crippen LogP contribution in [-0.2, 0) is 16.0 Å². The Kier molecular flexibility index (Phi) is 7.17. The Morgan fingerprint density at radius 2 is 2.00 bits per heavy atom. The highest BCUT2D eigenvalue weighted by Crippen LogP contribution is 2.42. The third-order valence-electron chi connectivity index (χ3n) is 7.87. The van der Waals surface area contributed by atoms with Gasteiger partial charge >= 0.3 is 5.69 Å². The van der Waals surface area contributed by atoms with E-state index in [1.807, 2.05) is 13.8 Å². The molecule has 0 spiro atoms. The topological polar surface area (TPSA) is 128 Å². The summed E-state index contributed by atoms with van der Waals surface area (Å²) < 4.78 is 47.3. The van der Waals surface area contributed by atoms with Crippen molar-refractivity contribution in [3.05, 3.63) is 76.5 Å². The second-order valence-corrected chi connectivity index (χ2v) is 12.3. The van der Waals surface area contributed by atoms with E-state index in [-0.39, 0.29) is 59.0 Å². The summed E-state index contributed by atoms with van der Waals surface area (Å²) in [6.45, 7) is 9.72. The lowest BCUT2D eigenvalue weighted by atomic mass is 10.0. The van der Waals surface area contributed by atoms with Gasteiger partial charge in [0.2, 0.25) is 5.91 Å². The molecular formula is C30H28F2N6O4S. The third kappa shape index (κ3) is 4.54. The molecule has 0 radical (unpaired) electrons. The van der Waals surface area contributed by atoms with Crippen LogP contribution in [0.1, 0.15) is 31.0 Å². The third-order valence-corrected chi connectivity index (χ3v) is 9.29. The van der Waals surface area contributed by atoms with E-state index >= 15 is 8.78 Å². The lowest BCUT2D eigenvalue weighted by Gasteiger charge is -2.40. The van der Waals surface area contributed by atoms with Gasteiger partial charge in [0.05, 0.1) is 23.0 Å². The lowest BCUT2D eigenvalue weighted by Crippen LogP contribution is -2.57. The van der Waals surface area contributed by atoms with Crippen molar-refractivity contribution in [1.82, 2.24) is 24.4 Å². The number of halogens is 2. The molecule has 3 aromatic heterocycles. The standard InChI is InChI=1S/C30H28F2N6O4S/c1-5-20(40)36-11-12-37-17(13-36)14-43(42)29-22-27(23(32)25(34-29)21-18(31)7-6-8-19(21)39)38(30(41)35-28(22)37)26-16(4)9-10-33-24(26)15(2)3/h5-10,15,17,39H,1,11-14H2,2-4H3. The average Bonchev–Trinajstić information content (AvgIpc) is 3.08. The summed E-state index contributed by atoms with van der Waals surface area (Å²) in [5, 5.41) is 10.5. The Labute approximate surface area is 248 Å². The zero-order valence-corrected chi connectivity index (χ0v) is 24.5. The maximum atomic E-state index is 17.0. The van der Waals surface area contributed by atoms with E-state index in [1.165, 1.54) is 18.2 Å². The van der Waals surface area contributed by atoms with E-state index in [0.29, 0.717) is 16.9 Å². The van der Waals surface area contributed by atoms with Gasteiger partial charge in [-0.15, -0.1) is 0 Å². The van der Waals surface area contributed by atoms with Crippen molar-refractivity contribution in [2.75, 3.05) is 30.3 Å². The van der Waals surface area contributed by atoms with Gasteiger partial charge in [-0.2, -0.15) is 9.97 Å². The van der Waals surface area contributed by atoms with Crippen LogP contribution in [0.25, 0.3) is 27.8 Å². The van der Waals surface area contributed by atoms with Gasteiger partial charge in [0, 0.05) is 37.0 Å². The molecule has 2 atom stereocenters. The summed E-state index contributed by atoms with van der Waals surface area (Å²) in [5.41, 5.74) is -0.830. The zero-order valence-electron chi connectivity index (χ0n) is 23.7. The first-order valence-corrected chi connectivity index (χ1v) is 15.0. The highest BCUT2D eigenvalue weighted by molar-refractivity contribution is 7.91. The SMILES string of the molecule is C=CC(=O)N1CCN2c3nc(=O)n(-c4c(C)ccnc4C(C)C)c4c(F)c(-c5c(O)cccc5F)nc(c34)[S+]([O-])CC2C1. The van der Waals surface area contributed by atoms with Gasteiger partial charge < -0.3 is 19.5 Å². The molecule has 1 aromatic carbocycles. The Balaban J connectivity index is 1.75. The van der Waals surface area contributed by atoms with Crippen molar-refractivity contribution in [1.29, 1.82) is 0 Å². The molecule has 2 aliphatic rings. The minimum absolute atomic E-state index is 0.0228. The van der Waals surface area contributed by atoms with Crippen LogP contribution < -0.4 is 10.6 Å². The predicted octanol–water partition coefficient (Wildman–Crippen LogP) is 3.58. The van der Waals surface area contributed by atoms with Crippen molar-refractivity contribution in [3.63, 3.8) is 0 Å². The van der Waals surface area contributed by atoms with Crippen LogP contribution in [0.5, 0.6) is 5.75 Å². The number of aryl methyl sites for hydroxylation is 1. The molecular weight excluding hydrogens is 578 g/mol. The number of aromatic hydroxyl groups is 1. The quantitative estimate of drug-likeness (QED) is 0.276. The van der Waals surface area contributed by atoms with Crippen LogP contribution in [0.4, 0.5) is 14.6 Å².